The Hall–Kier alpha value is -1.65. The van der Waals surface area contributed by atoms with E-state index in [4.69, 9.17) is 0 Å². The highest BCUT2D eigenvalue weighted by Crippen LogP contribution is 2.16. The molecule has 5 nitrogen and oxygen atoms in total. The fourth-order valence-corrected chi connectivity index (χ4v) is 2.10. The average molecular weight is 267 g/mol. The average Bonchev–Trinajstić information content (AvgIpc) is 2.43. The standard InChI is InChI=1S/C14H21NO4/c1-19-14(18)9-4-2-3-5-10-15-12(11-16)7-6-8-13(15)17/h3,5,11-12H,2,4,6-10H2,1H3/b5-3+/t12-/m1/s1. The first kappa shape index (κ1) is 15.4. The molecule has 19 heavy (non-hydrogen) atoms. The molecule has 0 bridgehead atoms. The molecular weight excluding hydrogens is 246 g/mol. The first-order valence-electron chi connectivity index (χ1n) is 6.65. The molecule has 1 fully saturated rings. The van der Waals surface area contributed by atoms with Gasteiger partial charge in [-0.15, -0.1) is 0 Å². The molecule has 0 N–H and O–H groups in total. The number of ether oxygens (including phenoxy) is 1. The highest BCUT2D eigenvalue weighted by Gasteiger charge is 2.26. The first-order chi connectivity index (χ1) is 9.19. The van der Waals surface area contributed by atoms with Gasteiger partial charge in [0.25, 0.3) is 0 Å². The van der Waals surface area contributed by atoms with Gasteiger partial charge >= 0.3 is 5.97 Å². The maximum atomic E-state index is 11.7. The van der Waals surface area contributed by atoms with Gasteiger partial charge in [-0.2, -0.15) is 0 Å². The van der Waals surface area contributed by atoms with Crippen LogP contribution in [0.4, 0.5) is 0 Å². The number of aldehydes is 1. The van der Waals surface area contributed by atoms with Crippen LogP contribution in [0.15, 0.2) is 12.2 Å². The molecule has 106 valence electrons. The molecule has 0 aromatic heterocycles. The van der Waals surface area contributed by atoms with Crippen LogP contribution >= 0.6 is 0 Å². The number of unbranched alkanes of at least 4 members (excludes halogenated alkanes) is 1. The summed E-state index contributed by atoms with van der Waals surface area (Å²) in [6, 6.07) is -0.277. The summed E-state index contributed by atoms with van der Waals surface area (Å²) in [5.74, 6) is -0.164. The summed E-state index contributed by atoms with van der Waals surface area (Å²) in [6.45, 7) is 0.473. The van der Waals surface area contributed by atoms with Gasteiger partial charge in [-0.1, -0.05) is 12.2 Å². The van der Waals surface area contributed by atoms with Crippen LogP contribution in [-0.2, 0) is 19.1 Å². The van der Waals surface area contributed by atoms with Crippen LogP contribution in [0.25, 0.3) is 0 Å². The maximum Gasteiger partial charge on any atom is 0.305 e. The van der Waals surface area contributed by atoms with Crippen molar-refractivity contribution in [3.63, 3.8) is 0 Å². The Morgan fingerprint density at radius 1 is 1.47 bits per heavy atom. The zero-order valence-corrected chi connectivity index (χ0v) is 11.3. The normalized spacial score (nSPS) is 19.7. The number of carbonyl (C=O) groups excluding carboxylic acids is 3. The third-order valence-corrected chi connectivity index (χ3v) is 3.22. The van der Waals surface area contributed by atoms with E-state index in [2.05, 4.69) is 4.74 Å². The van der Waals surface area contributed by atoms with Gasteiger partial charge in [0.15, 0.2) is 0 Å². The number of hydrogen-bond donors (Lipinski definition) is 0. The van der Waals surface area contributed by atoms with Crippen LogP contribution in [-0.4, -0.2) is 42.8 Å². The summed E-state index contributed by atoms with van der Waals surface area (Å²) < 4.78 is 4.54. The van der Waals surface area contributed by atoms with Crippen molar-refractivity contribution >= 4 is 18.2 Å². The number of piperidine rings is 1. The van der Waals surface area contributed by atoms with Crippen LogP contribution in [0.2, 0.25) is 0 Å². The van der Waals surface area contributed by atoms with Crippen LogP contribution in [0.1, 0.15) is 38.5 Å². The van der Waals surface area contributed by atoms with Gasteiger partial charge < -0.3 is 14.4 Å². The molecule has 1 atom stereocenters. The molecule has 1 aliphatic heterocycles. The number of likely N-dealkylation sites (tertiary alicyclic amines) is 1. The topological polar surface area (TPSA) is 63.7 Å². The molecule has 1 heterocycles. The van der Waals surface area contributed by atoms with Crippen molar-refractivity contribution in [3.05, 3.63) is 12.2 Å². The minimum atomic E-state index is -0.277. The quantitative estimate of drug-likeness (QED) is 0.303. The molecule has 1 aliphatic rings. The zero-order chi connectivity index (χ0) is 14.1. The lowest BCUT2D eigenvalue weighted by Crippen LogP contribution is -2.44. The predicted octanol–water partition coefficient (Wildman–Crippen LogP) is 1.47. The molecule has 0 spiro atoms. The van der Waals surface area contributed by atoms with Crippen molar-refractivity contribution in [1.29, 1.82) is 0 Å². The van der Waals surface area contributed by atoms with E-state index in [0.29, 0.717) is 19.4 Å². The summed E-state index contributed by atoms with van der Waals surface area (Å²) in [7, 11) is 1.37. The largest absolute Gasteiger partial charge is 0.469 e. The second-order valence-corrected chi connectivity index (χ2v) is 4.58. The monoisotopic (exact) mass is 267 g/mol. The van der Waals surface area contributed by atoms with Gasteiger partial charge in [0.1, 0.15) is 6.29 Å². The number of carbonyl (C=O) groups is 3. The number of allylic oxidation sites excluding steroid dienone is 1. The van der Waals surface area contributed by atoms with Gasteiger partial charge in [-0.25, -0.2) is 0 Å². The summed E-state index contributed by atoms with van der Waals surface area (Å²) in [5.41, 5.74) is 0. The molecule has 1 rings (SSSR count). The van der Waals surface area contributed by atoms with Crippen molar-refractivity contribution in [2.24, 2.45) is 0 Å². The Bertz CT molecular complexity index is 351. The van der Waals surface area contributed by atoms with E-state index in [1.54, 1.807) is 4.90 Å². The summed E-state index contributed by atoms with van der Waals surface area (Å²) in [4.78, 5) is 35.1. The third-order valence-electron chi connectivity index (χ3n) is 3.22. The minimum Gasteiger partial charge on any atom is -0.469 e. The highest BCUT2D eigenvalue weighted by atomic mass is 16.5. The molecular formula is C14H21NO4. The molecule has 0 radical (unpaired) electrons. The second kappa shape index (κ2) is 8.45. The molecule has 0 saturated carbocycles. The van der Waals surface area contributed by atoms with E-state index >= 15 is 0 Å². The lowest BCUT2D eigenvalue weighted by molar-refractivity contribution is -0.140. The van der Waals surface area contributed by atoms with Crippen molar-refractivity contribution < 1.29 is 19.1 Å². The number of methoxy groups -OCH3 is 1. The molecule has 0 unspecified atom stereocenters. The minimum absolute atomic E-state index is 0.0440. The molecule has 1 saturated heterocycles. The molecule has 1 amide bonds. The summed E-state index contributed by atoms with van der Waals surface area (Å²) in [6.07, 6.45) is 8.65. The van der Waals surface area contributed by atoms with E-state index in [0.717, 1.165) is 32.0 Å². The smallest absolute Gasteiger partial charge is 0.305 e. The Morgan fingerprint density at radius 3 is 2.95 bits per heavy atom. The number of esters is 1. The van der Waals surface area contributed by atoms with E-state index in [-0.39, 0.29) is 17.9 Å². The Morgan fingerprint density at radius 2 is 2.26 bits per heavy atom. The Labute approximate surface area is 113 Å². The Balaban J connectivity index is 2.27. The van der Waals surface area contributed by atoms with Crippen molar-refractivity contribution in [3.8, 4) is 0 Å². The number of hydrogen-bond acceptors (Lipinski definition) is 4. The maximum absolute atomic E-state index is 11.7. The van der Waals surface area contributed by atoms with E-state index in [1.165, 1.54) is 7.11 Å². The van der Waals surface area contributed by atoms with E-state index < -0.39 is 0 Å². The Kier molecular flexibility index (Phi) is 6.85. The van der Waals surface area contributed by atoms with Crippen molar-refractivity contribution in [1.82, 2.24) is 4.90 Å². The first-order valence-corrected chi connectivity index (χ1v) is 6.65. The lowest BCUT2D eigenvalue weighted by Gasteiger charge is -2.31. The predicted molar refractivity (Wildman–Crippen MR) is 70.4 cm³/mol. The van der Waals surface area contributed by atoms with Gasteiger partial charge in [-0.3, -0.25) is 9.59 Å². The number of amides is 1. The SMILES string of the molecule is COC(=O)CCC/C=C/CN1C(=O)CCC[C@@H]1C=O. The van der Waals surface area contributed by atoms with Gasteiger partial charge in [0, 0.05) is 19.4 Å². The highest BCUT2D eigenvalue weighted by molar-refractivity contribution is 5.81. The molecule has 0 aliphatic carbocycles. The van der Waals surface area contributed by atoms with E-state index in [9.17, 15) is 14.4 Å². The van der Waals surface area contributed by atoms with E-state index in [1.807, 2.05) is 12.2 Å². The summed E-state index contributed by atoms with van der Waals surface area (Å²) in [5, 5.41) is 0. The molecule has 0 aromatic carbocycles. The number of rotatable bonds is 7. The second-order valence-electron chi connectivity index (χ2n) is 4.58. The molecule has 0 aromatic rings. The molecule has 5 heteroatoms. The van der Waals surface area contributed by atoms with Crippen LogP contribution < -0.4 is 0 Å². The van der Waals surface area contributed by atoms with Crippen LogP contribution in [0.5, 0.6) is 0 Å². The van der Waals surface area contributed by atoms with Crippen LogP contribution in [0, 0.1) is 0 Å². The number of nitrogens with zero attached hydrogens (tertiary/aromatic N) is 1. The van der Waals surface area contributed by atoms with Gasteiger partial charge in [0.2, 0.25) is 5.91 Å². The van der Waals surface area contributed by atoms with Gasteiger partial charge in [-0.05, 0) is 25.7 Å². The zero-order valence-electron chi connectivity index (χ0n) is 11.3. The lowest BCUT2D eigenvalue weighted by atomic mass is 10.0. The third kappa shape index (κ3) is 5.24. The van der Waals surface area contributed by atoms with Gasteiger partial charge in [0.05, 0.1) is 13.2 Å². The van der Waals surface area contributed by atoms with Crippen LogP contribution in [0.3, 0.4) is 0 Å². The fourth-order valence-electron chi connectivity index (χ4n) is 2.10. The van der Waals surface area contributed by atoms with Crippen molar-refractivity contribution in [2.75, 3.05) is 13.7 Å². The fraction of sp³-hybridized carbons (Fsp3) is 0.643. The summed E-state index contributed by atoms with van der Waals surface area (Å²) >= 11 is 0. The van der Waals surface area contributed by atoms with Crippen molar-refractivity contribution in [2.45, 2.75) is 44.6 Å².